The molecule has 4 rings (SSSR count). The Morgan fingerprint density at radius 2 is 1.89 bits per heavy atom. The van der Waals surface area contributed by atoms with Gasteiger partial charge in [-0.15, -0.1) is 0 Å². The van der Waals surface area contributed by atoms with Gasteiger partial charge in [0.05, 0.1) is 5.69 Å². The number of likely N-dealkylation sites (tertiary alicyclic amines) is 1. The second-order valence-corrected chi connectivity index (χ2v) is 6.55. The van der Waals surface area contributed by atoms with E-state index in [-0.39, 0.29) is 17.6 Å². The van der Waals surface area contributed by atoms with E-state index in [9.17, 15) is 9.59 Å². The smallest absolute Gasteiger partial charge is 0.271 e. The normalized spacial score (nSPS) is 14.9. The Balaban J connectivity index is 1.39. The predicted octanol–water partition coefficient (Wildman–Crippen LogP) is 2.60. The second kappa shape index (κ2) is 7.49. The van der Waals surface area contributed by atoms with Crippen LogP contribution in [-0.2, 0) is 0 Å². The molecule has 27 heavy (non-hydrogen) atoms. The van der Waals surface area contributed by atoms with E-state index >= 15 is 0 Å². The third-order valence-corrected chi connectivity index (χ3v) is 4.83. The van der Waals surface area contributed by atoms with Crippen molar-refractivity contribution < 1.29 is 9.59 Å². The molecule has 0 bridgehead atoms. The molecule has 4 heterocycles. The van der Waals surface area contributed by atoms with Crippen molar-refractivity contribution in [2.75, 3.05) is 13.1 Å². The summed E-state index contributed by atoms with van der Waals surface area (Å²) in [5, 5.41) is 6.99. The molecule has 3 aromatic rings. The third-order valence-electron chi connectivity index (χ3n) is 4.83. The lowest BCUT2D eigenvalue weighted by molar-refractivity contribution is 0.0645. The van der Waals surface area contributed by atoms with Gasteiger partial charge in [0.2, 0.25) is 0 Å². The Morgan fingerprint density at radius 3 is 2.59 bits per heavy atom. The average molecular weight is 361 g/mol. The van der Waals surface area contributed by atoms with Crippen molar-refractivity contribution in [2.45, 2.75) is 12.8 Å². The minimum atomic E-state index is -0.100. The number of nitrogens with zero attached hydrogens (tertiary/aromatic N) is 4. The van der Waals surface area contributed by atoms with Crippen LogP contribution in [0.3, 0.4) is 0 Å². The first-order valence-corrected chi connectivity index (χ1v) is 8.92. The quantitative estimate of drug-likeness (QED) is 0.721. The number of hydrogen-bond donors (Lipinski definition) is 1. The Bertz CT molecular complexity index is 931. The Kier molecular flexibility index (Phi) is 4.74. The topological polar surface area (TPSA) is 91.8 Å². The number of carbonyl (C=O) groups is 2. The summed E-state index contributed by atoms with van der Waals surface area (Å²) in [4.78, 5) is 35.3. The number of piperidine rings is 1. The highest BCUT2D eigenvalue weighted by Crippen LogP contribution is 2.23. The predicted molar refractivity (Wildman–Crippen MR) is 99.0 cm³/mol. The second-order valence-electron chi connectivity index (χ2n) is 6.55. The summed E-state index contributed by atoms with van der Waals surface area (Å²) in [6.45, 7) is 1.10. The van der Waals surface area contributed by atoms with Gasteiger partial charge in [0.1, 0.15) is 11.4 Å². The van der Waals surface area contributed by atoms with Crippen LogP contribution in [0.2, 0.25) is 0 Å². The lowest BCUT2D eigenvalue weighted by atomic mass is 9.89. The summed E-state index contributed by atoms with van der Waals surface area (Å²) in [5.41, 5.74) is 2.43. The van der Waals surface area contributed by atoms with Gasteiger partial charge < -0.3 is 4.90 Å². The van der Waals surface area contributed by atoms with Crippen LogP contribution in [0, 0.1) is 5.92 Å². The van der Waals surface area contributed by atoms with Gasteiger partial charge in [-0.3, -0.25) is 24.7 Å². The van der Waals surface area contributed by atoms with Crippen molar-refractivity contribution in [3.8, 4) is 11.4 Å². The summed E-state index contributed by atoms with van der Waals surface area (Å²) in [6.07, 6.45) is 6.25. The SMILES string of the molecule is O=C(c1cccnc1)C1CCN(C(=O)c2cc(-c3ccccn3)n[nH]2)CC1. The van der Waals surface area contributed by atoms with Gasteiger partial charge in [-0.2, -0.15) is 5.10 Å². The van der Waals surface area contributed by atoms with Crippen molar-refractivity contribution in [1.29, 1.82) is 0 Å². The minimum absolute atomic E-state index is 0.0657. The number of Topliss-reactive ketones (excluding diaryl/α,β-unsaturated/α-hetero) is 1. The number of nitrogens with one attached hydrogen (secondary N) is 1. The molecule has 0 aliphatic carbocycles. The fourth-order valence-corrected chi connectivity index (χ4v) is 3.34. The maximum Gasteiger partial charge on any atom is 0.271 e. The van der Waals surface area contributed by atoms with Crippen LogP contribution in [0.5, 0.6) is 0 Å². The van der Waals surface area contributed by atoms with Crippen LogP contribution in [0.4, 0.5) is 0 Å². The van der Waals surface area contributed by atoms with Crippen molar-refractivity contribution in [1.82, 2.24) is 25.1 Å². The first-order chi connectivity index (χ1) is 13.2. The van der Waals surface area contributed by atoms with Crippen molar-refractivity contribution in [2.24, 2.45) is 5.92 Å². The standard InChI is InChI=1S/C20H19N5O2/c26-19(15-4-3-8-21-13-15)14-6-10-25(11-7-14)20(27)18-12-17(23-24-18)16-5-1-2-9-22-16/h1-5,8-9,12-14H,6-7,10-11H2,(H,23,24). The number of pyridine rings is 2. The molecule has 1 fully saturated rings. The molecular weight excluding hydrogens is 342 g/mol. The minimum Gasteiger partial charge on any atom is -0.337 e. The molecule has 136 valence electrons. The maximum absolute atomic E-state index is 12.7. The summed E-state index contributed by atoms with van der Waals surface area (Å²) < 4.78 is 0. The molecule has 1 amide bonds. The van der Waals surface area contributed by atoms with E-state index < -0.39 is 0 Å². The lowest BCUT2D eigenvalue weighted by Gasteiger charge is -2.30. The average Bonchev–Trinajstić information content (AvgIpc) is 3.24. The molecule has 7 heteroatoms. The van der Waals surface area contributed by atoms with Crippen LogP contribution in [-0.4, -0.2) is 49.8 Å². The van der Waals surface area contributed by atoms with Crippen molar-refractivity contribution in [3.63, 3.8) is 0 Å². The van der Waals surface area contributed by atoms with Crippen molar-refractivity contribution >= 4 is 11.7 Å². The van der Waals surface area contributed by atoms with E-state index in [4.69, 9.17) is 0 Å². The molecule has 3 aromatic heterocycles. The fourth-order valence-electron chi connectivity index (χ4n) is 3.34. The van der Waals surface area contributed by atoms with E-state index in [1.54, 1.807) is 41.7 Å². The summed E-state index contributed by atoms with van der Waals surface area (Å²) >= 11 is 0. The highest BCUT2D eigenvalue weighted by molar-refractivity contribution is 5.98. The molecule has 0 spiro atoms. The largest absolute Gasteiger partial charge is 0.337 e. The highest BCUT2D eigenvalue weighted by atomic mass is 16.2. The summed E-state index contributed by atoms with van der Waals surface area (Å²) in [7, 11) is 0. The molecule has 7 nitrogen and oxygen atoms in total. The van der Waals surface area contributed by atoms with Gasteiger partial charge in [-0.05, 0) is 43.2 Å². The van der Waals surface area contributed by atoms with Gasteiger partial charge in [0.25, 0.3) is 5.91 Å². The van der Waals surface area contributed by atoms with Gasteiger partial charge in [0.15, 0.2) is 5.78 Å². The molecule has 1 saturated heterocycles. The van der Waals surface area contributed by atoms with Gasteiger partial charge in [0, 0.05) is 43.2 Å². The monoisotopic (exact) mass is 361 g/mol. The first kappa shape index (κ1) is 17.1. The highest BCUT2D eigenvalue weighted by Gasteiger charge is 2.29. The zero-order valence-corrected chi connectivity index (χ0v) is 14.7. The Labute approximate surface area is 156 Å². The van der Waals surface area contributed by atoms with Crippen LogP contribution in [0.25, 0.3) is 11.4 Å². The number of rotatable bonds is 4. The zero-order valence-electron chi connectivity index (χ0n) is 14.7. The first-order valence-electron chi connectivity index (χ1n) is 8.92. The number of aromatic nitrogens is 4. The number of ketones is 1. The van der Waals surface area contributed by atoms with Crippen molar-refractivity contribution in [3.05, 3.63) is 66.2 Å². The summed E-state index contributed by atoms with van der Waals surface area (Å²) in [5.74, 6) is -0.0600. The van der Waals surface area contributed by atoms with Crippen LogP contribution in [0.15, 0.2) is 55.0 Å². The molecule has 0 radical (unpaired) electrons. The zero-order chi connectivity index (χ0) is 18.6. The number of aromatic amines is 1. The number of amides is 1. The van der Waals surface area contributed by atoms with Gasteiger partial charge in [-0.25, -0.2) is 0 Å². The summed E-state index contributed by atoms with van der Waals surface area (Å²) in [6, 6.07) is 10.8. The van der Waals surface area contributed by atoms with E-state index in [1.165, 1.54) is 0 Å². The van der Waals surface area contributed by atoms with E-state index in [2.05, 4.69) is 20.2 Å². The Morgan fingerprint density at radius 1 is 1.04 bits per heavy atom. The van der Waals surface area contributed by atoms with E-state index in [0.717, 1.165) is 0 Å². The third kappa shape index (κ3) is 3.62. The fraction of sp³-hybridized carbons (Fsp3) is 0.250. The van der Waals surface area contributed by atoms with Gasteiger partial charge in [-0.1, -0.05) is 6.07 Å². The molecule has 0 unspecified atom stereocenters. The molecule has 0 aromatic carbocycles. The molecular formula is C20H19N5O2. The number of H-pyrrole nitrogens is 1. The Hall–Kier alpha value is -3.35. The van der Waals surface area contributed by atoms with Crippen LogP contribution < -0.4 is 0 Å². The van der Waals surface area contributed by atoms with Crippen LogP contribution in [0.1, 0.15) is 33.7 Å². The number of hydrogen-bond acceptors (Lipinski definition) is 5. The molecule has 0 atom stereocenters. The molecule has 1 aliphatic heterocycles. The number of carbonyl (C=O) groups excluding carboxylic acids is 2. The molecule has 1 aliphatic rings. The van der Waals surface area contributed by atoms with Crippen LogP contribution >= 0.6 is 0 Å². The maximum atomic E-state index is 12.7. The molecule has 1 N–H and O–H groups in total. The lowest BCUT2D eigenvalue weighted by Crippen LogP contribution is -2.40. The van der Waals surface area contributed by atoms with E-state index in [0.29, 0.717) is 48.6 Å². The van der Waals surface area contributed by atoms with E-state index in [1.807, 2.05) is 18.2 Å². The molecule has 0 saturated carbocycles. The van der Waals surface area contributed by atoms with Gasteiger partial charge >= 0.3 is 0 Å².